The monoisotopic (exact) mass is 418 g/mol. The van der Waals surface area contributed by atoms with E-state index in [1.54, 1.807) is 12.1 Å². The van der Waals surface area contributed by atoms with Gasteiger partial charge >= 0.3 is 5.97 Å². The number of aromatic nitrogens is 2. The van der Waals surface area contributed by atoms with Gasteiger partial charge in [0, 0.05) is 10.8 Å². The van der Waals surface area contributed by atoms with E-state index in [4.69, 9.17) is 27.9 Å². The lowest BCUT2D eigenvalue weighted by atomic mass is 10.2. The minimum absolute atomic E-state index is 0.0351. The van der Waals surface area contributed by atoms with Gasteiger partial charge in [0.15, 0.2) is 10.9 Å². The molecule has 27 heavy (non-hydrogen) atoms. The number of rotatable bonds is 6. The highest BCUT2D eigenvalue weighted by Gasteiger charge is 2.17. The first-order chi connectivity index (χ1) is 13.1. The third-order valence-corrected chi connectivity index (χ3v) is 5.33. The number of esters is 1. The molecule has 2 aromatic carbocycles. The van der Waals surface area contributed by atoms with E-state index < -0.39 is 5.97 Å². The van der Waals surface area contributed by atoms with Crippen LogP contribution in [0, 0.1) is 0 Å². The van der Waals surface area contributed by atoms with Crippen molar-refractivity contribution in [1.82, 2.24) is 9.97 Å². The van der Waals surface area contributed by atoms with E-state index >= 15 is 0 Å². The first kappa shape index (κ1) is 19.7. The maximum Gasteiger partial charge on any atom is 0.364 e. The van der Waals surface area contributed by atoms with E-state index in [0.29, 0.717) is 21.7 Å². The van der Waals surface area contributed by atoms with Crippen LogP contribution >= 0.6 is 35.0 Å². The highest BCUT2D eigenvalue weighted by atomic mass is 35.5. The molecular weight excluding hydrogens is 403 g/mol. The molecule has 0 N–H and O–H groups in total. The van der Waals surface area contributed by atoms with Crippen LogP contribution in [0.3, 0.4) is 0 Å². The second kappa shape index (κ2) is 9.22. The Bertz CT molecular complexity index is 949. The quantitative estimate of drug-likeness (QED) is 0.217. The van der Waals surface area contributed by atoms with Crippen LogP contribution in [0.15, 0.2) is 59.9 Å². The first-order valence-corrected chi connectivity index (χ1v) is 10.0. The zero-order chi connectivity index (χ0) is 19.2. The van der Waals surface area contributed by atoms with Gasteiger partial charge < -0.3 is 4.74 Å². The van der Waals surface area contributed by atoms with E-state index in [1.165, 1.54) is 18.0 Å². The molecule has 0 unspecified atom stereocenters. The molecule has 0 atom stereocenters. The highest BCUT2D eigenvalue weighted by molar-refractivity contribution is 7.98. The number of thioether (sulfide) groups is 1. The van der Waals surface area contributed by atoms with Gasteiger partial charge in [-0.15, -0.1) is 0 Å². The maximum absolute atomic E-state index is 12.4. The van der Waals surface area contributed by atoms with E-state index in [1.807, 2.05) is 36.4 Å². The molecule has 1 aromatic heterocycles. The van der Waals surface area contributed by atoms with E-state index in [0.717, 1.165) is 17.5 Å². The summed E-state index contributed by atoms with van der Waals surface area (Å²) in [6, 6.07) is 14.9. The number of nitrogens with zero attached hydrogens (tertiary/aromatic N) is 2. The van der Waals surface area contributed by atoms with Crippen molar-refractivity contribution in [3.05, 3.63) is 81.6 Å². The summed E-state index contributed by atoms with van der Waals surface area (Å²) in [5.41, 5.74) is 2.16. The fourth-order valence-corrected chi connectivity index (χ4v) is 3.54. The van der Waals surface area contributed by atoms with Gasteiger partial charge in [-0.05, 0) is 35.7 Å². The molecule has 0 saturated heterocycles. The summed E-state index contributed by atoms with van der Waals surface area (Å²) in [6.45, 7) is 2.06. The van der Waals surface area contributed by atoms with Crippen LogP contribution in [0.25, 0.3) is 0 Å². The molecule has 0 aliphatic rings. The van der Waals surface area contributed by atoms with Crippen molar-refractivity contribution in [2.24, 2.45) is 0 Å². The zero-order valence-corrected chi connectivity index (χ0v) is 16.8. The minimum atomic E-state index is -0.619. The number of aryl methyl sites for hydroxylation is 1. The van der Waals surface area contributed by atoms with Crippen molar-refractivity contribution in [2.75, 3.05) is 0 Å². The molecule has 138 valence electrons. The van der Waals surface area contributed by atoms with Crippen molar-refractivity contribution in [3.63, 3.8) is 0 Å². The normalized spacial score (nSPS) is 10.6. The third-order valence-electron chi connectivity index (χ3n) is 3.77. The van der Waals surface area contributed by atoms with Gasteiger partial charge in [-0.2, -0.15) is 0 Å². The van der Waals surface area contributed by atoms with E-state index in [-0.39, 0.29) is 10.7 Å². The number of hydrogen-bond acceptors (Lipinski definition) is 5. The number of halogens is 2. The number of hydrogen-bond donors (Lipinski definition) is 0. The van der Waals surface area contributed by atoms with Crippen molar-refractivity contribution >= 4 is 40.9 Å². The van der Waals surface area contributed by atoms with Crippen LogP contribution in [0.1, 0.15) is 28.5 Å². The minimum Gasteiger partial charge on any atom is -0.422 e. The van der Waals surface area contributed by atoms with Crippen LogP contribution in [-0.4, -0.2) is 15.9 Å². The second-order valence-corrected chi connectivity index (χ2v) is 7.37. The van der Waals surface area contributed by atoms with Crippen molar-refractivity contribution < 1.29 is 9.53 Å². The van der Waals surface area contributed by atoms with Crippen molar-refractivity contribution in [1.29, 1.82) is 0 Å². The molecule has 3 rings (SSSR count). The largest absolute Gasteiger partial charge is 0.422 e. The molecule has 7 heteroatoms. The summed E-state index contributed by atoms with van der Waals surface area (Å²) in [4.78, 5) is 20.9. The van der Waals surface area contributed by atoms with Crippen LogP contribution in [-0.2, 0) is 12.2 Å². The highest BCUT2D eigenvalue weighted by Crippen LogP contribution is 2.26. The van der Waals surface area contributed by atoms with Gasteiger partial charge in [0.05, 0.1) is 11.2 Å². The Labute approximate surface area is 171 Å². The first-order valence-electron chi connectivity index (χ1n) is 8.26. The molecule has 0 spiro atoms. The molecule has 0 saturated carbocycles. The fourth-order valence-electron chi connectivity index (χ4n) is 2.27. The molecule has 0 amide bonds. The SMILES string of the molecule is CCc1ccc(OC(=O)c2nc(SCc3ccccc3Cl)ncc2Cl)cc1. The molecule has 0 aliphatic carbocycles. The lowest BCUT2D eigenvalue weighted by Crippen LogP contribution is -2.12. The van der Waals surface area contributed by atoms with Gasteiger partial charge in [-0.25, -0.2) is 14.8 Å². The average Bonchev–Trinajstić information content (AvgIpc) is 2.69. The maximum atomic E-state index is 12.4. The Balaban J connectivity index is 1.72. The van der Waals surface area contributed by atoms with Crippen LogP contribution in [0.4, 0.5) is 0 Å². The molecular formula is C20H16Cl2N2O2S. The molecule has 0 aliphatic heterocycles. The Morgan fingerprint density at radius 3 is 2.52 bits per heavy atom. The summed E-state index contributed by atoms with van der Waals surface area (Å²) in [7, 11) is 0. The molecule has 4 nitrogen and oxygen atoms in total. The Morgan fingerprint density at radius 1 is 1.07 bits per heavy atom. The van der Waals surface area contributed by atoms with E-state index in [9.17, 15) is 4.79 Å². The van der Waals surface area contributed by atoms with Gasteiger partial charge in [0.2, 0.25) is 0 Å². The number of ether oxygens (including phenoxy) is 1. The van der Waals surface area contributed by atoms with Gasteiger partial charge in [-0.1, -0.05) is 72.2 Å². The fraction of sp³-hybridized carbons (Fsp3) is 0.150. The summed E-state index contributed by atoms with van der Waals surface area (Å²) in [5.74, 6) is 0.400. The lowest BCUT2D eigenvalue weighted by Gasteiger charge is -2.07. The standard InChI is InChI=1S/C20H16Cl2N2O2S/c1-2-13-7-9-15(10-8-13)26-19(25)18-17(22)11-23-20(24-18)27-12-14-5-3-4-6-16(14)21/h3-11H,2,12H2,1H3. The van der Waals surface area contributed by atoms with Crippen molar-refractivity contribution in [2.45, 2.75) is 24.3 Å². The number of carbonyl (C=O) groups is 1. The smallest absolute Gasteiger partial charge is 0.364 e. The van der Waals surface area contributed by atoms with Crippen molar-refractivity contribution in [3.8, 4) is 5.75 Å². The zero-order valence-electron chi connectivity index (χ0n) is 14.5. The average molecular weight is 419 g/mol. The summed E-state index contributed by atoms with van der Waals surface area (Å²) in [5, 5.41) is 1.24. The molecule has 0 radical (unpaired) electrons. The predicted octanol–water partition coefficient (Wildman–Crippen LogP) is 5.86. The predicted molar refractivity (Wildman–Crippen MR) is 109 cm³/mol. The van der Waals surface area contributed by atoms with Crippen LogP contribution in [0.2, 0.25) is 10.0 Å². The summed E-state index contributed by atoms with van der Waals surface area (Å²) >= 11 is 13.6. The van der Waals surface area contributed by atoms with Crippen LogP contribution < -0.4 is 4.74 Å². The lowest BCUT2D eigenvalue weighted by molar-refractivity contribution is 0.0727. The Kier molecular flexibility index (Phi) is 6.72. The van der Waals surface area contributed by atoms with Crippen LogP contribution in [0.5, 0.6) is 5.75 Å². The molecule has 3 aromatic rings. The molecule has 0 fully saturated rings. The second-order valence-electron chi connectivity index (χ2n) is 5.62. The van der Waals surface area contributed by atoms with Gasteiger partial charge in [0.25, 0.3) is 0 Å². The van der Waals surface area contributed by atoms with Gasteiger partial charge in [0.1, 0.15) is 5.75 Å². The molecule has 0 bridgehead atoms. The topological polar surface area (TPSA) is 52.1 Å². The van der Waals surface area contributed by atoms with Gasteiger partial charge in [-0.3, -0.25) is 0 Å². The summed E-state index contributed by atoms with van der Waals surface area (Å²) < 4.78 is 5.37. The number of carbonyl (C=O) groups excluding carboxylic acids is 1. The van der Waals surface area contributed by atoms with E-state index in [2.05, 4.69) is 16.9 Å². The Hall–Kier alpha value is -2.08. The Morgan fingerprint density at radius 2 is 1.81 bits per heavy atom. The number of benzene rings is 2. The molecule has 1 heterocycles. The third kappa shape index (κ3) is 5.22. The summed E-state index contributed by atoms with van der Waals surface area (Å²) in [6.07, 6.45) is 2.32.